The lowest BCUT2D eigenvalue weighted by atomic mass is 10.1. The largest absolute Gasteiger partial charge is 0.313 e. The Morgan fingerprint density at radius 2 is 1.85 bits per heavy atom. The molecule has 1 N–H and O–H groups in total. The van der Waals surface area contributed by atoms with Crippen molar-refractivity contribution in [2.24, 2.45) is 0 Å². The zero-order chi connectivity index (χ0) is 15.0. The van der Waals surface area contributed by atoms with Gasteiger partial charge in [-0.05, 0) is 24.1 Å². The number of benzene rings is 1. The fraction of sp³-hybridized carbons (Fsp3) is 0.467. The summed E-state index contributed by atoms with van der Waals surface area (Å²) in [6.07, 6.45) is 2.69. The van der Waals surface area contributed by atoms with Gasteiger partial charge in [0.25, 0.3) is 0 Å². The van der Waals surface area contributed by atoms with Crippen molar-refractivity contribution in [3.8, 4) is 0 Å². The van der Waals surface area contributed by atoms with Gasteiger partial charge in [-0.15, -0.1) is 6.58 Å². The standard InChI is InChI=1S/C15H24N2O2S/c1-4-10-16-12-14-6-8-15(9-7-14)13-20(18,19)17(3)11-5-2/h5-9,16H,2,4,10-13H2,1,3H3. The van der Waals surface area contributed by atoms with Crippen LogP contribution in [0.15, 0.2) is 36.9 Å². The molecule has 0 spiro atoms. The van der Waals surface area contributed by atoms with Gasteiger partial charge in [0.1, 0.15) is 0 Å². The van der Waals surface area contributed by atoms with Crippen LogP contribution < -0.4 is 5.32 Å². The topological polar surface area (TPSA) is 49.4 Å². The van der Waals surface area contributed by atoms with Gasteiger partial charge in [0.2, 0.25) is 10.0 Å². The Kier molecular flexibility index (Phi) is 6.91. The Morgan fingerprint density at radius 3 is 2.40 bits per heavy atom. The first-order chi connectivity index (χ1) is 9.49. The van der Waals surface area contributed by atoms with E-state index < -0.39 is 10.0 Å². The fourth-order valence-corrected chi connectivity index (χ4v) is 2.95. The lowest BCUT2D eigenvalue weighted by Crippen LogP contribution is -2.28. The molecule has 112 valence electrons. The number of sulfonamides is 1. The molecule has 0 saturated carbocycles. The van der Waals surface area contributed by atoms with Crippen LogP contribution in [0.4, 0.5) is 0 Å². The molecule has 0 amide bonds. The summed E-state index contributed by atoms with van der Waals surface area (Å²) in [5, 5.41) is 3.32. The monoisotopic (exact) mass is 296 g/mol. The quantitative estimate of drug-likeness (QED) is 0.561. The van der Waals surface area contributed by atoms with E-state index in [0.717, 1.165) is 25.1 Å². The van der Waals surface area contributed by atoms with Gasteiger partial charge in [-0.2, -0.15) is 0 Å². The number of hydrogen-bond acceptors (Lipinski definition) is 3. The van der Waals surface area contributed by atoms with Crippen LogP contribution in [0.1, 0.15) is 24.5 Å². The number of nitrogens with one attached hydrogen (secondary N) is 1. The smallest absolute Gasteiger partial charge is 0.218 e. The molecule has 0 saturated heterocycles. The van der Waals surface area contributed by atoms with Gasteiger partial charge in [-0.3, -0.25) is 0 Å². The highest BCUT2D eigenvalue weighted by Gasteiger charge is 2.16. The van der Waals surface area contributed by atoms with Crippen molar-refractivity contribution in [2.45, 2.75) is 25.6 Å². The molecule has 4 nitrogen and oxygen atoms in total. The molecule has 5 heteroatoms. The molecule has 1 rings (SSSR count). The molecule has 0 aliphatic carbocycles. The second-order valence-corrected chi connectivity index (χ2v) is 6.89. The fourth-order valence-electron chi connectivity index (χ4n) is 1.78. The number of likely N-dealkylation sites (N-methyl/N-ethyl adjacent to an activating group) is 1. The van der Waals surface area contributed by atoms with E-state index in [1.54, 1.807) is 13.1 Å². The minimum Gasteiger partial charge on any atom is -0.313 e. The van der Waals surface area contributed by atoms with Crippen molar-refractivity contribution >= 4 is 10.0 Å². The molecular weight excluding hydrogens is 272 g/mol. The van der Waals surface area contributed by atoms with Crippen molar-refractivity contribution < 1.29 is 8.42 Å². The van der Waals surface area contributed by atoms with Crippen molar-refractivity contribution in [3.05, 3.63) is 48.0 Å². The first kappa shape index (κ1) is 16.9. The van der Waals surface area contributed by atoms with Crippen LogP contribution >= 0.6 is 0 Å². The molecule has 1 aromatic rings. The Labute approximate surface area is 122 Å². The molecule has 0 unspecified atom stereocenters. The van der Waals surface area contributed by atoms with E-state index in [1.165, 1.54) is 9.87 Å². The van der Waals surface area contributed by atoms with Gasteiger partial charge in [-0.1, -0.05) is 37.3 Å². The SMILES string of the molecule is C=CCN(C)S(=O)(=O)Cc1ccc(CNCCC)cc1. The lowest BCUT2D eigenvalue weighted by molar-refractivity contribution is 0.498. The van der Waals surface area contributed by atoms with Crippen LogP contribution in [0, 0.1) is 0 Å². The van der Waals surface area contributed by atoms with Crippen LogP contribution in [0.2, 0.25) is 0 Å². The van der Waals surface area contributed by atoms with Gasteiger partial charge in [0.15, 0.2) is 0 Å². The highest BCUT2D eigenvalue weighted by molar-refractivity contribution is 7.88. The van der Waals surface area contributed by atoms with E-state index in [9.17, 15) is 8.42 Å². The second-order valence-electron chi connectivity index (χ2n) is 4.82. The number of rotatable bonds is 9. The van der Waals surface area contributed by atoms with Crippen LogP contribution in [-0.4, -0.2) is 32.9 Å². The number of hydrogen-bond donors (Lipinski definition) is 1. The molecule has 0 aliphatic heterocycles. The van der Waals surface area contributed by atoms with Crippen LogP contribution in [-0.2, 0) is 22.3 Å². The summed E-state index contributed by atoms with van der Waals surface area (Å²) in [5.41, 5.74) is 1.97. The lowest BCUT2D eigenvalue weighted by Gasteiger charge is -2.15. The third-order valence-electron chi connectivity index (χ3n) is 2.99. The molecule has 0 heterocycles. The Hall–Kier alpha value is -1.17. The Bertz CT molecular complexity index is 509. The maximum Gasteiger partial charge on any atom is 0.218 e. The van der Waals surface area contributed by atoms with E-state index >= 15 is 0 Å². The van der Waals surface area contributed by atoms with E-state index in [0.29, 0.717) is 6.54 Å². The Morgan fingerprint density at radius 1 is 1.25 bits per heavy atom. The molecule has 0 radical (unpaired) electrons. The van der Waals surface area contributed by atoms with Gasteiger partial charge in [-0.25, -0.2) is 12.7 Å². The third kappa shape index (κ3) is 5.45. The summed E-state index contributed by atoms with van der Waals surface area (Å²) in [6.45, 7) is 7.82. The molecule has 0 bridgehead atoms. The van der Waals surface area contributed by atoms with Crippen LogP contribution in [0.5, 0.6) is 0 Å². The minimum absolute atomic E-state index is 0.0278. The number of nitrogens with zero attached hydrogens (tertiary/aromatic N) is 1. The van der Waals surface area contributed by atoms with Crippen molar-refractivity contribution in [1.82, 2.24) is 9.62 Å². The summed E-state index contributed by atoms with van der Waals surface area (Å²) < 4.78 is 25.4. The predicted molar refractivity (Wildman–Crippen MR) is 83.9 cm³/mol. The maximum atomic E-state index is 12.1. The molecule has 0 fully saturated rings. The van der Waals surface area contributed by atoms with Crippen LogP contribution in [0.25, 0.3) is 0 Å². The highest BCUT2D eigenvalue weighted by Crippen LogP contribution is 2.11. The molecule has 0 aliphatic rings. The van der Waals surface area contributed by atoms with E-state index in [4.69, 9.17) is 0 Å². The van der Waals surface area contributed by atoms with E-state index in [2.05, 4.69) is 18.8 Å². The van der Waals surface area contributed by atoms with Gasteiger partial charge in [0.05, 0.1) is 5.75 Å². The van der Waals surface area contributed by atoms with Crippen molar-refractivity contribution in [2.75, 3.05) is 20.1 Å². The summed E-state index contributed by atoms with van der Waals surface area (Å²) in [6, 6.07) is 7.70. The van der Waals surface area contributed by atoms with E-state index in [1.807, 2.05) is 24.3 Å². The molecule has 20 heavy (non-hydrogen) atoms. The summed E-state index contributed by atoms with van der Waals surface area (Å²) in [7, 11) is -1.69. The van der Waals surface area contributed by atoms with Gasteiger partial charge in [0, 0.05) is 20.1 Å². The average molecular weight is 296 g/mol. The predicted octanol–water partition coefficient (Wildman–Crippen LogP) is 2.13. The Balaban J connectivity index is 2.63. The summed E-state index contributed by atoms with van der Waals surface area (Å²) in [5.74, 6) is 0.0278. The average Bonchev–Trinajstić information content (AvgIpc) is 2.41. The summed E-state index contributed by atoms with van der Waals surface area (Å²) >= 11 is 0. The first-order valence-electron chi connectivity index (χ1n) is 6.83. The third-order valence-corrected chi connectivity index (χ3v) is 4.79. The normalized spacial score (nSPS) is 11.8. The first-order valence-corrected chi connectivity index (χ1v) is 8.44. The maximum absolute atomic E-state index is 12.1. The zero-order valence-corrected chi connectivity index (χ0v) is 13.1. The van der Waals surface area contributed by atoms with Gasteiger partial charge >= 0.3 is 0 Å². The molecule has 0 atom stereocenters. The van der Waals surface area contributed by atoms with Crippen molar-refractivity contribution in [3.63, 3.8) is 0 Å². The van der Waals surface area contributed by atoms with Crippen molar-refractivity contribution in [1.29, 1.82) is 0 Å². The highest BCUT2D eigenvalue weighted by atomic mass is 32.2. The zero-order valence-electron chi connectivity index (χ0n) is 12.3. The molecule has 0 aromatic heterocycles. The van der Waals surface area contributed by atoms with Gasteiger partial charge < -0.3 is 5.32 Å². The molecule has 1 aromatic carbocycles. The second kappa shape index (κ2) is 8.19. The molecular formula is C15H24N2O2S. The summed E-state index contributed by atoms with van der Waals surface area (Å²) in [4.78, 5) is 0. The van der Waals surface area contributed by atoms with Crippen LogP contribution in [0.3, 0.4) is 0 Å². The van der Waals surface area contributed by atoms with E-state index in [-0.39, 0.29) is 5.75 Å². The minimum atomic E-state index is -3.26.